The molecule has 34 heavy (non-hydrogen) atoms. The van der Waals surface area contributed by atoms with Crippen molar-refractivity contribution < 1.29 is 4.79 Å². The van der Waals surface area contributed by atoms with Crippen LogP contribution in [-0.2, 0) is 4.79 Å². The summed E-state index contributed by atoms with van der Waals surface area (Å²) in [5.74, 6) is 1.05. The smallest absolute Gasteiger partial charge is 0.201 e. The zero-order valence-electron chi connectivity index (χ0n) is 21.6. The lowest BCUT2D eigenvalue weighted by molar-refractivity contribution is -0.112. The first kappa shape index (κ1) is 27.0. The van der Waals surface area contributed by atoms with Crippen molar-refractivity contribution in [1.82, 2.24) is 0 Å². The van der Waals surface area contributed by atoms with Gasteiger partial charge < -0.3 is 21.7 Å². The molecule has 6 heteroatoms. The summed E-state index contributed by atoms with van der Waals surface area (Å²) in [5, 5.41) is 3.17. The molecule has 2 heterocycles. The van der Waals surface area contributed by atoms with Crippen LogP contribution in [-0.4, -0.2) is 24.7 Å². The van der Waals surface area contributed by atoms with Gasteiger partial charge in [-0.3, -0.25) is 4.79 Å². The molecule has 2 aromatic rings. The maximum absolute atomic E-state index is 12.5. The fourth-order valence-electron chi connectivity index (χ4n) is 4.02. The van der Waals surface area contributed by atoms with Crippen molar-refractivity contribution in [3.05, 3.63) is 53.6 Å². The van der Waals surface area contributed by atoms with Gasteiger partial charge in [-0.05, 0) is 55.5 Å². The second-order valence-electron chi connectivity index (χ2n) is 8.27. The van der Waals surface area contributed by atoms with Crippen LogP contribution >= 0.6 is 0 Å². The monoisotopic (exact) mass is 463 g/mol. The molecule has 2 aromatic carbocycles. The number of nitrogens with one attached hydrogen (secondary N) is 1. The van der Waals surface area contributed by atoms with Crippen LogP contribution in [0.3, 0.4) is 0 Å². The van der Waals surface area contributed by atoms with Gasteiger partial charge in [-0.1, -0.05) is 52.8 Å². The summed E-state index contributed by atoms with van der Waals surface area (Å²) in [6, 6.07) is 11.6. The summed E-state index contributed by atoms with van der Waals surface area (Å²) < 4.78 is 0. The van der Waals surface area contributed by atoms with Crippen molar-refractivity contribution in [2.24, 2.45) is 10.9 Å². The lowest BCUT2D eigenvalue weighted by Crippen LogP contribution is -2.33. The van der Waals surface area contributed by atoms with E-state index in [-0.39, 0.29) is 5.78 Å². The molecule has 0 bridgehead atoms. The van der Waals surface area contributed by atoms with Crippen LogP contribution in [0.1, 0.15) is 65.0 Å². The topological polar surface area (TPSA) is 96.7 Å². The van der Waals surface area contributed by atoms with E-state index in [0.29, 0.717) is 23.6 Å². The van der Waals surface area contributed by atoms with Crippen molar-refractivity contribution in [2.75, 3.05) is 34.8 Å². The first-order valence-corrected chi connectivity index (χ1v) is 12.5. The average Bonchev–Trinajstić information content (AvgIpc) is 2.86. The van der Waals surface area contributed by atoms with Crippen LogP contribution < -0.4 is 21.7 Å². The SMILES string of the molecule is CC.CC.Cc1c(N)cccc1C1=CCC(=O)C(Nc2ccc(N3CCC(C)CC3)c(N)c2)=N1. The molecular weight excluding hydrogens is 422 g/mol. The third-order valence-corrected chi connectivity index (χ3v) is 6.04. The predicted molar refractivity (Wildman–Crippen MR) is 148 cm³/mol. The number of carbonyl (C=O) groups excluding carboxylic acids is 1. The Labute approximate surface area is 205 Å². The summed E-state index contributed by atoms with van der Waals surface area (Å²) in [6.07, 6.45) is 4.52. The van der Waals surface area contributed by atoms with Crippen LogP contribution in [0.5, 0.6) is 0 Å². The summed E-state index contributed by atoms with van der Waals surface area (Å²) in [7, 11) is 0. The number of amidine groups is 1. The summed E-state index contributed by atoms with van der Waals surface area (Å²) in [5.41, 5.74) is 18.3. The van der Waals surface area contributed by atoms with E-state index in [4.69, 9.17) is 11.5 Å². The normalized spacial score (nSPS) is 15.8. The summed E-state index contributed by atoms with van der Waals surface area (Å²) in [6.45, 7) is 14.3. The number of benzene rings is 2. The van der Waals surface area contributed by atoms with Gasteiger partial charge in [0.2, 0.25) is 5.78 Å². The zero-order chi connectivity index (χ0) is 25.3. The minimum Gasteiger partial charge on any atom is -0.398 e. The van der Waals surface area contributed by atoms with E-state index >= 15 is 0 Å². The van der Waals surface area contributed by atoms with Crippen LogP contribution in [0, 0.1) is 12.8 Å². The Morgan fingerprint density at radius 2 is 1.68 bits per heavy atom. The molecule has 0 saturated carbocycles. The highest BCUT2D eigenvalue weighted by Gasteiger charge is 2.21. The molecule has 0 atom stereocenters. The van der Waals surface area contributed by atoms with Crippen molar-refractivity contribution in [3.63, 3.8) is 0 Å². The maximum Gasteiger partial charge on any atom is 0.201 e. The molecule has 184 valence electrons. The molecule has 5 N–H and O–H groups in total. The van der Waals surface area contributed by atoms with E-state index < -0.39 is 0 Å². The van der Waals surface area contributed by atoms with E-state index in [1.165, 1.54) is 12.8 Å². The lowest BCUT2D eigenvalue weighted by atomic mass is 9.98. The standard InChI is InChI=1S/C24H29N5O.2C2H6/c1-15-10-12-29(13-11-15)22-8-6-17(14-20(22)26)27-24-23(30)9-7-21(28-24)18-4-3-5-19(25)16(18)2;2*1-2/h3-8,14-15H,9-13,25-26H2,1-2H3,(H,27,28);2*1-2H3. The first-order valence-electron chi connectivity index (χ1n) is 12.5. The first-order chi connectivity index (χ1) is 16.4. The number of hydrogen-bond donors (Lipinski definition) is 3. The lowest BCUT2D eigenvalue weighted by Gasteiger charge is -2.33. The van der Waals surface area contributed by atoms with Gasteiger partial charge in [0.1, 0.15) is 0 Å². The number of rotatable bonds is 3. The van der Waals surface area contributed by atoms with Gasteiger partial charge in [0.25, 0.3) is 0 Å². The van der Waals surface area contributed by atoms with E-state index in [2.05, 4.69) is 22.1 Å². The van der Waals surface area contributed by atoms with E-state index in [1.807, 2.05) is 77.1 Å². The Morgan fingerprint density at radius 3 is 2.32 bits per heavy atom. The average molecular weight is 464 g/mol. The third-order valence-electron chi connectivity index (χ3n) is 6.04. The Kier molecular flexibility index (Phi) is 10.2. The number of aliphatic imine (C=N–C) groups is 1. The number of ketones is 1. The number of Topliss-reactive ketones (excluding diaryl/α,β-unsaturated/α-hetero) is 1. The molecule has 0 aliphatic carbocycles. The van der Waals surface area contributed by atoms with Crippen molar-refractivity contribution in [2.45, 2.75) is 60.8 Å². The predicted octanol–water partition coefficient (Wildman–Crippen LogP) is 6.27. The van der Waals surface area contributed by atoms with Crippen LogP contribution in [0.4, 0.5) is 22.7 Å². The fourth-order valence-corrected chi connectivity index (χ4v) is 4.02. The second kappa shape index (κ2) is 12.8. The van der Waals surface area contributed by atoms with Crippen LogP contribution in [0.15, 0.2) is 47.5 Å². The quantitative estimate of drug-likeness (QED) is 0.466. The van der Waals surface area contributed by atoms with E-state index in [9.17, 15) is 4.79 Å². The van der Waals surface area contributed by atoms with Gasteiger partial charge in [0.05, 0.1) is 17.1 Å². The van der Waals surface area contributed by atoms with Crippen molar-refractivity contribution in [3.8, 4) is 0 Å². The Morgan fingerprint density at radius 1 is 1.00 bits per heavy atom. The third kappa shape index (κ3) is 6.40. The Hall–Kier alpha value is -3.28. The number of anilines is 4. The number of carbonyl (C=O) groups is 1. The highest BCUT2D eigenvalue weighted by molar-refractivity contribution is 6.45. The minimum atomic E-state index is -0.0482. The molecule has 0 unspecified atom stereocenters. The van der Waals surface area contributed by atoms with E-state index in [0.717, 1.165) is 47.2 Å². The van der Waals surface area contributed by atoms with E-state index in [1.54, 1.807) is 0 Å². The number of nitrogens with zero attached hydrogens (tertiary/aromatic N) is 2. The van der Waals surface area contributed by atoms with Crippen LogP contribution in [0.2, 0.25) is 0 Å². The summed E-state index contributed by atoms with van der Waals surface area (Å²) in [4.78, 5) is 19.4. The fraction of sp³-hybridized carbons (Fsp3) is 0.429. The molecule has 6 nitrogen and oxygen atoms in total. The Bertz CT molecular complexity index is 1030. The molecule has 1 fully saturated rings. The van der Waals surface area contributed by atoms with Gasteiger partial charge in [0, 0.05) is 36.4 Å². The van der Waals surface area contributed by atoms with Crippen molar-refractivity contribution >= 4 is 40.1 Å². The van der Waals surface area contributed by atoms with Crippen molar-refractivity contribution in [1.29, 1.82) is 0 Å². The van der Waals surface area contributed by atoms with Crippen LogP contribution in [0.25, 0.3) is 5.70 Å². The highest BCUT2D eigenvalue weighted by atomic mass is 16.1. The molecule has 0 aromatic heterocycles. The largest absolute Gasteiger partial charge is 0.398 e. The maximum atomic E-state index is 12.5. The van der Waals surface area contributed by atoms with Gasteiger partial charge in [-0.2, -0.15) is 0 Å². The number of hydrogen-bond acceptors (Lipinski definition) is 6. The highest BCUT2D eigenvalue weighted by Crippen LogP contribution is 2.31. The number of allylic oxidation sites excluding steroid dienone is 1. The molecule has 2 aliphatic rings. The summed E-state index contributed by atoms with van der Waals surface area (Å²) >= 11 is 0. The van der Waals surface area contributed by atoms with Gasteiger partial charge in [0.15, 0.2) is 5.84 Å². The number of nitrogens with two attached hydrogens (primary N) is 2. The molecule has 4 rings (SSSR count). The minimum absolute atomic E-state index is 0.0482. The molecule has 2 aliphatic heterocycles. The van der Waals surface area contributed by atoms with Gasteiger partial charge in [-0.25, -0.2) is 4.99 Å². The molecule has 0 spiro atoms. The Balaban J connectivity index is 0.000000970. The number of nitrogen functional groups attached to an aromatic ring is 2. The number of piperidine rings is 1. The zero-order valence-corrected chi connectivity index (χ0v) is 21.6. The molecular formula is C28H41N5O. The molecule has 0 amide bonds. The van der Waals surface area contributed by atoms with Gasteiger partial charge in [-0.15, -0.1) is 0 Å². The molecule has 0 radical (unpaired) electrons. The van der Waals surface area contributed by atoms with Gasteiger partial charge >= 0.3 is 0 Å². The molecule has 1 saturated heterocycles. The second-order valence-corrected chi connectivity index (χ2v) is 8.27.